The number of anilines is 2. The molecule has 0 aliphatic rings. The van der Waals surface area contributed by atoms with Gasteiger partial charge in [-0.2, -0.15) is 5.10 Å². The van der Waals surface area contributed by atoms with Crippen molar-refractivity contribution in [3.63, 3.8) is 0 Å². The number of benzene rings is 1. The van der Waals surface area contributed by atoms with Crippen molar-refractivity contribution in [2.45, 2.75) is 0 Å². The van der Waals surface area contributed by atoms with Gasteiger partial charge >= 0.3 is 0 Å². The third-order valence-electron chi connectivity index (χ3n) is 2.84. The lowest BCUT2D eigenvalue weighted by molar-refractivity contribution is 0.102. The van der Waals surface area contributed by atoms with E-state index in [-0.39, 0.29) is 5.91 Å². The van der Waals surface area contributed by atoms with E-state index in [1.807, 2.05) is 0 Å². The molecule has 2 aromatic heterocycles. The van der Waals surface area contributed by atoms with Gasteiger partial charge in [0.1, 0.15) is 12.7 Å². The number of nitrogens with two attached hydrogens (primary N) is 1. The molecule has 0 radical (unpaired) electrons. The zero-order valence-corrected chi connectivity index (χ0v) is 11.0. The number of rotatable bonds is 3. The van der Waals surface area contributed by atoms with Gasteiger partial charge in [0.15, 0.2) is 5.82 Å². The maximum Gasteiger partial charge on any atom is 0.255 e. The molecule has 1 amide bonds. The van der Waals surface area contributed by atoms with Gasteiger partial charge in [-0.25, -0.2) is 14.6 Å². The smallest absolute Gasteiger partial charge is 0.255 e. The fourth-order valence-electron chi connectivity index (χ4n) is 1.82. The van der Waals surface area contributed by atoms with Gasteiger partial charge in [0.05, 0.1) is 5.69 Å². The van der Waals surface area contributed by atoms with Crippen LogP contribution in [0.3, 0.4) is 0 Å². The molecule has 0 fully saturated rings. The molecular weight excluding hydrogens is 268 g/mol. The van der Waals surface area contributed by atoms with Gasteiger partial charge in [0.2, 0.25) is 0 Å². The Hall–Kier alpha value is -3.22. The summed E-state index contributed by atoms with van der Waals surface area (Å²) in [5.74, 6) is 0.253. The van der Waals surface area contributed by atoms with Crippen molar-refractivity contribution < 1.29 is 4.79 Å². The van der Waals surface area contributed by atoms with E-state index in [0.717, 1.165) is 0 Å². The fourth-order valence-corrected chi connectivity index (χ4v) is 1.82. The number of hydrogen-bond acceptors (Lipinski definition) is 5. The van der Waals surface area contributed by atoms with Gasteiger partial charge < -0.3 is 11.1 Å². The van der Waals surface area contributed by atoms with Crippen LogP contribution < -0.4 is 11.1 Å². The topological polar surface area (TPSA) is 98.7 Å². The van der Waals surface area contributed by atoms with Crippen LogP contribution in [0.2, 0.25) is 0 Å². The molecule has 0 saturated carbocycles. The number of hydrogen-bond donors (Lipinski definition) is 2. The Morgan fingerprint density at radius 2 is 2.00 bits per heavy atom. The Labute approximate surface area is 120 Å². The molecule has 1 aromatic carbocycles. The maximum atomic E-state index is 12.2. The van der Waals surface area contributed by atoms with Crippen LogP contribution >= 0.6 is 0 Å². The Morgan fingerprint density at radius 1 is 1.19 bits per heavy atom. The summed E-state index contributed by atoms with van der Waals surface area (Å²) in [4.78, 5) is 20.3. The first kappa shape index (κ1) is 12.8. The summed E-state index contributed by atoms with van der Waals surface area (Å²) < 4.78 is 1.48. The monoisotopic (exact) mass is 280 g/mol. The van der Waals surface area contributed by atoms with E-state index in [4.69, 9.17) is 5.73 Å². The highest BCUT2D eigenvalue weighted by Gasteiger charge is 2.11. The van der Waals surface area contributed by atoms with E-state index in [1.54, 1.807) is 42.6 Å². The molecule has 7 nitrogen and oxygen atoms in total. The minimum Gasteiger partial charge on any atom is -0.399 e. The SMILES string of the molecule is Nc1ccc(C(=O)Nc2cccnc2-n2cncn2)cc1. The van der Waals surface area contributed by atoms with Crippen LogP contribution in [-0.4, -0.2) is 25.7 Å². The Balaban J connectivity index is 1.88. The predicted octanol–water partition coefficient (Wildman–Crippen LogP) is 1.50. The summed E-state index contributed by atoms with van der Waals surface area (Å²) in [5, 5.41) is 6.82. The van der Waals surface area contributed by atoms with E-state index < -0.39 is 0 Å². The minimum absolute atomic E-state index is 0.246. The molecule has 0 saturated heterocycles. The number of aromatic nitrogens is 4. The van der Waals surface area contributed by atoms with Gasteiger partial charge in [-0.1, -0.05) is 0 Å². The number of nitrogens with one attached hydrogen (secondary N) is 1. The molecule has 0 aliphatic heterocycles. The van der Waals surface area contributed by atoms with Crippen LogP contribution in [0.1, 0.15) is 10.4 Å². The van der Waals surface area contributed by atoms with Gasteiger partial charge in [-0.3, -0.25) is 4.79 Å². The predicted molar refractivity (Wildman–Crippen MR) is 78.0 cm³/mol. The Morgan fingerprint density at radius 3 is 2.71 bits per heavy atom. The maximum absolute atomic E-state index is 12.2. The second kappa shape index (κ2) is 5.41. The van der Waals surface area contributed by atoms with E-state index in [1.165, 1.54) is 17.3 Å². The molecule has 0 unspecified atom stereocenters. The average molecular weight is 280 g/mol. The molecule has 0 bridgehead atoms. The van der Waals surface area contributed by atoms with Crippen molar-refractivity contribution in [1.29, 1.82) is 0 Å². The van der Waals surface area contributed by atoms with Crippen molar-refractivity contribution in [2.24, 2.45) is 0 Å². The Bertz CT molecular complexity index is 751. The number of pyridine rings is 1. The zero-order chi connectivity index (χ0) is 14.7. The molecule has 0 spiro atoms. The van der Waals surface area contributed by atoms with E-state index >= 15 is 0 Å². The second-order valence-corrected chi connectivity index (χ2v) is 4.29. The third-order valence-corrected chi connectivity index (χ3v) is 2.84. The summed E-state index contributed by atoms with van der Waals surface area (Å²) in [6, 6.07) is 10.2. The molecule has 2 heterocycles. The largest absolute Gasteiger partial charge is 0.399 e. The van der Waals surface area contributed by atoms with Gasteiger partial charge in [-0.15, -0.1) is 0 Å². The lowest BCUT2D eigenvalue weighted by atomic mass is 10.2. The van der Waals surface area contributed by atoms with E-state index in [9.17, 15) is 4.79 Å². The van der Waals surface area contributed by atoms with Crippen LogP contribution in [0, 0.1) is 0 Å². The summed E-state index contributed by atoms with van der Waals surface area (Å²) >= 11 is 0. The lowest BCUT2D eigenvalue weighted by Gasteiger charge is -2.09. The lowest BCUT2D eigenvalue weighted by Crippen LogP contribution is -2.14. The van der Waals surface area contributed by atoms with Crippen molar-refractivity contribution in [3.05, 3.63) is 60.8 Å². The molecule has 104 valence electrons. The number of nitrogen functional groups attached to an aromatic ring is 1. The van der Waals surface area contributed by atoms with Gasteiger partial charge in [0, 0.05) is 17.4 Å². The molecule has 0 atom stereocenters. The van der Waals surface area contributed by atoms with Gasteiger partial charge in [-0.05, 0) is 36.4 Å². The van der Waals surface area contributed by atoms with Crippen LogP contribution in [0.25, 0.3) is 5.82 Å². The first-order chi connectivity index (χ1) is 10.2. The van der Waals surface area contributed by atoms with Crippen LogP contribution in [0.15, 0.2) is 55.2 Å². The highest BCUT2D eigenvalue weighted by molar-refractivity contribution is 6.05. The normalized spacial score (nSPS) is 10.3. The van der Waals surface area contributed by atoms with Crippen LogP contribution in [-0.2, 0) is 0 Å². The fraction of sp³-hybridized carbons (Fsp3) is 0. The average Bonchev–Trinajstić information content (AvgIpc) is 3.02. The summed E-state index contributed by atoms with van der Waals surface area (Å²) in [5.41, 5.74) is 7.27. The van der Waals surface area contributed by atoms with E-state index in [0.29, 0.717) is 22.8 Å². The van der Waals surface area contributed by atoms with Crippen LogP contribution in [0.5, 0.6) is 0 Å². The quantitative estimate of drug-likeness (QED) is 0.708. The molecule has 3 N–H and O–H groups in total. The highest BCUT2D eigenvalue weighted by Crippen LogP contribution is 2.17. The Kier molecular flexibility index (Phi) is 3.30. The second-order valence-electron chi connectivity index (χ2n) is 4.29. The minimum atomic E-state index is -0.246. The number of nitrogens with zero attached hydrogens (tertiary/aromatic N) is 4. The number of amides is 1. The summed E-state index contributed by atoms with van der Waals surface area (Å²) in [6.45, 7) is 0. The van der Waals surface area contributed by atoms with Crippen molar-refractivity contribution >= 4 is 17.3 Å². The summed E-state index contributed by atoms with van der Waals surface area (Å²) in [6.07, 6.45) is 4.54. The highest BCUT2D eigenvalue weighted by atomic mass is 16.1. The zero-order valence-electron chi connectivity index (χ0n) is 11.0. The molecular formula is C14H12N6O. The number of carbonyl (C=O) groups is 1. The van der Waals surface area contributed by atoms with Crippen molar-refractivity contribution in [3.8, 4) is 5.82 Å². The molecule has 3 aromatic rings. The first-order valence-electron chi connectivity index (χ1n) is 6.21. The third kappa shape index (κ3) is 2.71. The van der Waals surface area contributed by atoms with Crippen molar-refractivity contribution in [1.82, 2.24) is 19.7 Å². The first-order valence-corrected chi connectivity index (χ1v) is 6.21. The van der Waals surface area contributed by atoms with Gasteiger partial charge in [0.25, 0.3) is 5.91 Å². The van der Waals surface area contributed by atoms with Crippen molar-refractivity contribution in [2.75, 3.05) is 11.1 Å². The molecule has 3 rings (SSSR count). The molecule has 7 heteroatoms. The summed E-state index contributed by atoms with van der Waals surface area (Å²) in [7, 11) is 0. The number of carbonyl (C=O) groups excluding carboxylic acids is 1. The molecule has 21 heavy (non-hydrogen) atoms. The molecule has 0 aliphatic carbocycles. The van der Waals surface area contributed by atoms with Crippen LogP contribution in [0.4, 0.5) is 11.4 Å². The standard InChI is InChI=1S/C14H12N6O/c15-11-5-3-10(4-6-11)14(21)19-12-2-1-7-17-13(12)20-9-16-8-18-20/h1-9H,15H2,(H,19,21). The van der Waals surface area contributed by atoms with E-state index in [2.05, 4.69) is 20.4 Å².